The lowest BCUT2D eigenvalue weighted by Crippen LogP contribution is -2.29. The third-order valence-corrected chi connectivity index (χ3v) is 1.71. The Morgan fingerprint density at radius 2 is 1.78 bits per heavy atom. The molecule has 0 fully saturated rings. The van der Waals surface area contributed by atoms with Gasteiger partial charge in [-0.3, -0.25) is 0 Å². The number of nitrogens with zero attached hydrogens (tertiary/aromatic N) is 1. The summed E-state index contributed by atoms with van der Waals surface area (Å²) in [4.78, 5) is 10.1. The SMILES string of the molecule is CC(=CCCC#N)C(=O)O.CC(C)NC(C)C.Cl. The van der Waals surface area contributed by atoms with Crippen LogP contribution in [0.3, 0.4) is 0 Å². The van der Waals surface area contributed by atoms with Crippen molar-refractivity contribution >= 4 is 18.4 Å². The lowest BCUT2D eigenvalue weighted by molar-refractivity contribution is -0.132. The molecule has 0 radical (unpaired) electrons. The predicted octanol–water partition coefficient (Wildman–Crippen LogP) is 3.14. The minimum atomic E-state index is -0.919. The number of nitriles is 1. The van der Waals surface area contributed by atoms with Crippen LogP contribution in [0.15, 0.2) is 11.6 Å². The normalized spacial score (nSPS) is 10.2. The number of carbonyl (C=O) groups is 1. The Kier molecular flexibility index (Phi) is 17.3. The van der Waals surface area contributed by atoms with Gasteiger partial charge in [-0.25, -0.2) is 4.79 Å². The van der Waals surface area contributed by atoms with E-state index in [0.29, 0.717) is 30.5 Å². The molecule has 0 saturated carbocycles. The maximum absolute atomic E-state index is 10.1. The summed E-state index contributed by atoms with van der Waals surface area (Å²) in [5.41, 5.74) is 0.301. The predicted molar refractivity (Wildman–Crippen MR) is 76.9 cm³/mol. The molecule has 106 valence electrons. The van der Waals surface area contributed by atoms with Crippen molar-refractivity contribution in [3.8, 4) is 6.07 Å². The fourth-order valence-electron chi connectivity index (χ4n) is 1.11. The van der Waals surface area contributed by atoms with E-state index in [0.717, 1.165) is 0 Å². The van der Waals surface area contributed by atoms with Gasteiger partial charge in [-0.1, -0.05) is 33.8 Å². The van der Waals surface area contributed by atoms with Gasteiger partial charge >= 0.3 is 5.97 Å². The third-order valence-electron chi connectivity index (χ3n) is 1.71. The van der Waals surface area contributed by atoms with Crippen LogP contribution in [-0.2, 0) is 4.79 Å². The highest BCUT2D eigenvalue weighted by molar-refractivity contribution is 5.85. The van der Waals surface area contributed by atoms with E-state index in [4.69, 9.17) is 10.4 Å². The monoisotopic (exact) mass is 276 g/mol. The van der Waals surface area contributed by atoms with Crippen LogP contribution in [0.2, 0.25) is 0 Å². The summed E-state index contributed by atoms with van der Waals surface area (Å²) in [6, 6.07) is 3.17. The standard InChI is InChI=1S/C7H9NO2.C6H15N.ClH/c1-6(7(9)10)4-2-3-5-8;1-5(2)7-6(3)4;/h4H,2-3H2,1H3,(H,9,10);5-7H,1-4H3;1H. The molecule has 0 atom stereocenters. The van der Waals surface area contributed by atoms with Crippen LogP contribution in [0, 0.1) is 11.3 Å². The van der Waals surface area contributed by atoms with Crippen molar-refractivity contribution in [2.75, 3.05) is 0 Å². The maximum Gasteiger partial charge on any atom is 0.330 e. The summed E-state index contributed by atoms with van der Waals surface area (Å²) >= 11 is 0. The summed E-state index contributed by atoms with van der Waals surface area (Å²) < 4.78 is 0. The highest BCUT2D eigenvalue weighted by Crippen LogP contribution is 1.96. The second-order valence-electron chi connectivity index (χ2n) is 4.37. The Morgan fingerprint density at radius 1 is 1.33 bits per heavy atom. The Hall–Kier alpha value is -1.05. The number of unbranched alkanes of at least 4 members (excludes halogenated alkanes) is 1. The van der Waals surface area contributed by atoms with Crippen molar-refractivity contribution in [2.45, 2.75) is 59.5 Å². The highest BCUT2D eigenvalue weighted by atomic mass is 35.5. The van der Waals surface area contributed by atoms with Crippen molar-refractivity contribution in [1.82, 2.24) is 5.32 Å². The van der Waals surface area contributed by atoms with Gasteiger partial charge in [-0.05, 0) is 13.3 Å². The number of hydrogen-bond acceptors (Lipinski definition) is 3. The van der Waals surface area contributed by atoms with E-state index in [9.17, 15) is 4.79 Å². The van der Waals surface area contributed by atoms with Gasteiger partial charge < -0.3 is 10.4 Å². The molecule has 0 rings (SSSR count). The zero-order valence-corrected chi connectivity index (χ0v) is 12.7. The third kappa shape index (κ3) is 20.4. The number of hydrogen-bond donors (Lipinski definition) is 2. The fourth-order valence-corrected chi connectivity index (χ4v) is 1.11. The first-order chi connectivity index (χ1) is 7.81. The van der Waals surface area contributed by atoms with E-state index in [1.54, 1.807) is 6.08 Å². The second-order valence-corrected chi connectivity index (χ2v) is 4.37. The summed E-state index contributed by atoms with van der Waals surface area (Å²) in [5, 5.41) is 19.7. The smallest absolute Gasteiger partial charge is 0.330 e. The Balaban J connectivity index is -0.000000251. The molecule has 0 spiro atoms. The molecular weight excluding hydrogens is 252 g/mol. The number of rotatable bonds is 5. The van der Waals surface area contributed by atoms with Gasteiger partial charge in [0.2, 0.25) is 0 Å². The largest absolute Gasteiger partial charge is 0.478 e. The molecule has 2 N–H and O–H groups in total. The van der Waals surface area contributed by atoms with E-state index >= 15 is 0 Å². The van der Waals surface area contributed by atoms with Crippen LogP contribution in [0.25, 0.3) is 0 Å². The summed E-state index contributed by atoms with van der Waals surface area (Å²) in [6.45, 7) is 10.1. The van der Waals surface area contributed by atoms with E-state index in [-0.39, 0.29) is 12.4 Å². The van der Waals surface area contributed by atoms with Crippen molar-refractivity contribution in [3.05, 3.63) is 11.6 Å². The molecular formula is C13H25ClN2O2. The van der Waals surface area contributed by atoms with Crippen LogP contribution < -0.4 is 5.32 Å². The fraction of sp³-hybridized carbons (Fsp3) is 0.692. The van der Waals surface area contributed by atoms with Gasteiger partial charge in [-0.15, -0.1) is 12.4 Å². The van der Waals surface area contributed by atoms with Crippen molar-refractivity contribution < 1.29 is 9.90 Å². The zero-order valence-electron chi connectivity index (χ0n) is 11.9. The molecule has 0 aromatic rings. The molecule has 0 amide bonds. The Morgan fingerprint density at radius 3 is 2.00 bits per heavy atom. The van der Waals surface area contributed by atoms with Crippen molar-refractivity contribution in [3.63, 3.8) is 0 Å². The average Bonchev–Trinajstić information content (AvgIpc) is 2.16. The number of carboxylic acids is 1. The molecule has 5 heteroatoms. The van der Waals surface area contributed by atoms with E-state index in [2.05, 4.69) is 33.0 Å². The molecule has 0 unspecified atom stereocenters. The molecule has 4 nitrogen and oxygen atoms in total. The van der Waals surface area contributed by atoms with E-state index in [1.807, 2.05) is 6.07 Å². The summed E-state index contributed by atoms with van der Waals surface area (Å²) in [7, 11) is 0. The molecule has 18 heavy (non-hydrogen) atoms. The molecule has 0 aliphatic carbocycles. The minimum absolute atomic E-state index is 0. The highest BCUT2D eigenvalue weighted by Gasteiger charge is 1.96. The lowest BCUT2D eigenvalue weighted by Gasteiger charge is -2.10. The molecule has 0 aliphatic rings. The van der Waals surface area contributed by atoms with Crippen LogP contribution in [0.5, 0.6) is 0 Å². The van der Waals surface area contributed by atoms with Crippen LogP contribution in [0.1, 0.15) is 47.5 Å². The first kappa shape index (κ1) is 22.2. The van der Waals surface area contributed by atoms with Gasteiger partial charge in [0.05, 0.1) is 6.07 Å². The number of nitrogens with one attached hydrogen (secondary N) is 1. The second kappa shape index (κ2) is 14.0. The van der Waals surface area contributed by atoms with Gasteiger partial charge in [-0.2, -0.15) is 5.26 Å². The van der Waals surface area contributed by atoms with Crippen molar-refractivity contribution in [2.24, 2.45) is 0 Å². The first-order valence-electron chi connectivity index (χ1n) is 5.84. The summed E-state index contributed by atoms with van der Waals surface area (Å²) in [6.07, 6.45) is 2.45. The van der Waals surface area contributed by atoms with Gasteiger partial charge in [0.1, 0.15) is 0 Å². The maximum atomic E-state index is 10.1. The minimum Gasteiger partial charge on any atom is -0.478 e. The Labute approximate surface area is 116 Å². The molecule has 0 saturated heterocycles. The van der Waals surface area contributed by atoms with Gasteiger partial charge in [0.25, 0.3) is 0 Å². The van der Waals surface area contributed by atoms with Crippen LogP contribution in [-0.4, -0.2) is 23.2 Å². The topological polar surface area (TPSA) is 73.1 Å². The Bertz CT molecular complexity index is 275. The molecule has 0 heterocycles. The zero-order chi connectivity index (χ0) is 13.8. The van der Waals surface area contributed by atoms with Crippen LogP contribution in [0.4, 0.5) is 0 Å². The van der Waals surface area contributed by atoms with Crippen LogP contribution >= 0.6 is 12.4 Å². The number of allylic oxidation sites excluding steroid dienone is 1. The molecule has 0 aromatic carbocycles. The number of halogens is 1. The van der Waals surface area contributed by atoms with Gasteiger partial charge in [0.15, 0.2) is 0 Å². The first-order valence-corrected chi connectivity index (χ1v) is 5.84. The lowest BCUT2D eigenvalue weighted by atomic mass is 10.2. The number of aliphatic carboxylic acids is 1. The van der Waals surface area contributed by atoms with Gasteiger partial charge in [0, 0.05) is 24.1 Å². The molecule has 0 aromatic heterocycles. The molecule has 0 bridgehead atoms. The summed E-state index contributed by atoms with van der Waals surface area (Å²) in [5.74, 6) is -0.919. The number of carboxylic acid groups (broad SMARTS) is 1. The van der Waals surface area contributed by atoms with Crippen molar-refractivity contribution in [1.29, 1.82) is 5.26 Å². The quantitative estimate of drug-likeness (QED) is 0.598. The average molecular weight is 277 g/mol. The molecule has 0 aliphatic heterocycles. The van der Waals surface area contributed by atoms with E-state index in [1.165, 1.54) is 6.92 Å². The van der Waals surface area contributed by atoms with E-state index < -0.39 is 5.97 Å².